The lowest BCUT2D eigenvalue weighted by Gasteiger charge is -2.05. The Morgan fingerprint density at radius 2 is 2.00 bits per heavy atom. The van der Waals surface area contributed by atoms with Crippen LogP contribution in [0.1, 0.15) is 11.1 Å². The van der Waals surface area contributed by atoms with Crippen molar-refractivity contribution in [3.05, 3.63) is 71.4 Å². The summed E-state index contributed by atoms with van der Waals surface area (Å²) in [6.45, 7) is 1.94. The van der Waals surface area contributed by atoms with Crippen LogP contribution in [-0.2, 0) is 16.1 Å². The number of fused-ring (bicyclic) bond motifs is 1. The van der Waals surface area contributed by atoms with Crippen molar-refractivity contribution in [2.45, 2.75) is 13.5 Å². The molecule has 0 spiro atoms. The maximum Gasteiger partial charge on any atom is 0.266 e. The summed E-state index contributed by atoms with van der Waals surface area (Å²) in [4.78, 5) is 23.8. The molecule has 0 atom stereocenters. The molecule has 0 unspecified atom stereocenters. The fourth-order valence-corrected chi connectivity index (χ4v) is 2.91. The number of anilines is 1. The Labute approximate surface area is 156 Å². The minimum absolute atomic E-state index is 0.0196. The topological polar surface area (TPSA) is 101 Å². The fraction of sp³-hybridized carbons (Fsp3) is 0.0952. The Hall–Kier alpha value is -3.85. The lowest BCUT2D eigenvalue weighted by molar-refractivity contribution is -0.118. The van der Waals surface area contributed by atoms with Gasteiger partial charge in [-0.3, -0.25) is 9.59 Å². The highest BCUT2D eigenvalue weighted by Crippen LogP contribution is 2.24. The predicted octanol–water partition coefficient (Wildman–Crippen LogP) is 2.98. The zero-order valence-electron chi connectivity index (χ0n) is 14.8. The number of amides is 2. The summed E-state index contributed by atoms with van der Waals surface area (Å²) in [5.41, 5.74) is 8.38. The number of nitrogens with zero attached hydrogens (tertiary/aromatic N) is 2. The van der Waals surface area contributed by atoms with Crippen molar-refractivity contribution < 1.29 is 9.59 Å². The van der Waals surface area contributed by atoms with Crippen molar-refractivity contribution in [3.63, 3.8) is 0 Å². The molecule has 2 aromatic carbocycles. The van der Waals surface area contributed by atoms with Gasteiger partial charge in [-0.2, -0.15) is 5.26 Å². The molecule has 0 saturated heterocycles. The Bertz CT molecular complexity index is 1100. The van der Waals surface area contributed by atoms with E-state index in [2.05, 4.69) is 5.32 Å². The van der Waals surface area contributed by atoms with E-state index in [1.54, 1.807) is 16.8 Å². The molecule has 0 aliphatic rings. The Kier molecular flexibility index (Phi) is 5.04. The van der Waals surface area contributed by atoms with Crippen molar-refractivity contribution in [1.82, 2.24) is 4.57 Å². The van der Waals surface area contributed by atoms with E-state index in [4.69, 9.17) is 5.73 Å². The van der Waals surface area contributed by atoms with Crippen LogP contribution in [0.3, 0.4) is 0 Å². The number of carbonyl (C=O) groups excluding carboxylic acids is 2. The molecule has 0 bridgehead atoms. The van der Waals surface area contributed by atoms with Crippen molar-refractivity contribution in [2.75, 3.05) is 5.32 Å². The SMILES string of the molecule is Cc1cccc(NC(=O)/C(C#N)=C/c2cn(CC(N)=O)c3ccccc23)c1. The number of benzene rings is 2. The minimum atomic E-state index is -0.491. The van der Waals surface area contributed by atoms with Crippen LogP contribution in [0.25, 0.3) is 17.0 Å². The lowest BCUT2D eigenvalue weighted by Crippen LogP contribution is -2.17. The molecule has 0 aliphatic heterocycles. The van der Waals surface area contributed by atoms with E-state index >= 15 is 0 Å². The van der Waals surface area contributed by atoms with Gasteiger partial charge in [-0.25, -0.2) is 0 Å². The molecule has 134 valence electrons. The number of aromatic nitrogens is 1. The lowest BCUT2D eigenvalue weighted by atomic mass is 10.1. The largest absolute Gasteiger partial charge is 0.368 e. The molecule has 1 heterocycles. The average Bonchev–Trinajstić information content (AvgIpc) is 2.96. The summed E-state index contributed by atoms with van der Waals surface area (Å²) in [6.07, 6.45) is 3.23. The molecule has 3 rings (SSSR count). The predicted molar refractivity (Wildman–Crippen MR) is 105 cm³/mol. The van der Waals surface area contributed by atoms with Crippen molar-refractivity contribution in [1.29, 1.82) is 5.26 Å². The van der Waals surface area contributed by atoms with Gasteiger partial charge in [0.15, 0.2) is 0 Å². The van der Waals surface area contributed by atoms with Gasteiger partial charge in [0.05, 0.1) is 0 Å². The Balaban J connectivity index is 1.97. The van der Waals surface area contributed by atoms with Crippen LogP contribution in [0.15, 0.2) is 60.3 Å². The molecule has 3 aromatic rings. The standard InChI is InChI=1S/C21H18N4O2/c1-14-5-4-6-17(9-14)24-21(27)15(11-22)10-16-12-25(13-20(23)26)19-8-3-2-7-18(16)19/h2-10,12H,13H2,1H3,(H2,23,26)(H,24,27)/b15-10+. The molecule has 0 fully saturated rings. The van der Waals surface area contributed by atoms with E-state index in [9.17, 15) is 14.9 Å². The van der Waals surface area contributed by atoms with Gasteiger partial charge < -0.3 is 15.6 Å². The molecule has 2 amide bonds. The third kappa shape index (κ3) is 4.05. The first-order valence-electron chi connectivity index (χ1n) is 8.34. The van der Waals surface area contributed by atoms with Gasteiger partial charge in [0.1, 0.15) is 18.2 Å². The smallest absolute Gasteiger partial charge is 0.266 e. The first-order chi connectivity index (χ1) is 13.0. The van der Waals surface area contributed by atoms with Gasteiger partial charge in [0, 0.05) is 28.4 Å². The van der Waals surface area contributed by atoms with Crippen LogP contribution in [0.5, 0.6) is 0 Å². The number of nitrogens with two attached hydrogens (primary N) is 1. The molecule has 27 heavy (non-hydrogen) atoms. The molecule has 6 nitrogen and oxygen atoms in total. The monoisotopic (exact) mass is 358 g/mol. The van der Waals surface area contributed by atoms with E-state index in [1.165, 1.54) is 6.08 Å². The number of hydrogen-bond acceptors (Lipinski definition) is 3. The highest BCUT2D eigenvalue weighted by Gasteiger charge is 2.13. The Morgan fingerprint density at radius 1 is 1.22 bits per heavy atom. The molecular weight excluding hydrogens is 340 g/mol. The van der Waals surface area contributed by atoms with Crippen molar-refractivity contribution >= 4 is 34.5 Å². The number of rotatable bonds is 5. The van der Waals surface area contributed by atoms with Crippen LogP contribution in [0.4, 0.5) is 5.69 Å². The van der Waals surface area contributed by atoms with Crippen molar-refractivity contribution in [3.8, 4) is 6.07 Å². The number of primary amides is 1. The van der Waals surface area contributed by atoms with Gasteiger partial charge in [-0.15, -0.1) is 0 Å². The average molecular weight is 358 g/mol. The number of carbonyl (C=O) groups is 2. The van der Waals surface area contributed by atoms with Crippen molar-refractivity contribution in [2.24, 2.45) is 5.73 Å². The van der Waals surface area contributed by atoms with Gasteiger partial charge >= 0.3 is 0 Å². The minimum Gasteiger partial charge on any atom is -0.368 e. The van der Waals surface area contributed by atoms with E-state index in [0.29, 0.717) is 11.3 Å². The van der Waals surface area contributed by atoms with E-state index in [-0.39, 0.29) is 12.1 Å². The summed E-state index contributed by atoms with van der Waals surface area (Å²) in [5, 5.41) is 13.0. The first-order valence-corrected chi connectivity index (χ1v) is 8.34. The molecule has 3 N–H and O–H groups in total. The summed E-state index contributed by atoms with van der Waals surface area (Å²) in [7, 11) is 0. The second-order valence-electron chi connectivity index (χ2n) is 6.19. The number of para-hydroxylation sites is 1. The molecule has 0 saturated carbocycles. The number of aryl methyl sites for hydroxylation is 1. The highest BCUT2D eigenvalue weighted by atomic mass is 16.2. The quantitative estimate of drug-likeness (QED) is 0.541. The van der Waals surface area contributed by atoms with Crippen LogP contribution in [0, 0.1) is 18.3 Å². The summed E-state index contributed by atoms with van der Waals surface area (Å²) in [5.74, 6) is -0.959. The number of nitriles is 1. The normalized spacial score (nSPS) is 11.2. The molecule has 6 heteroatoms. The second-order valence-corrected chi connectivity index (χ2v) is 6.19. The van der Waals surface area contributed by atoms with Gasteiger partial charge in [0.25, 0.3) is 5.91 Å². The van der Waals surface area contributed by atoms with Gasteiger partial charge in [0.2, 0.25) is 5.91 Å². The number of hydrogen-bond donors (Lipinski definition) is 2. The fourth-order valence-electron chi connectivity index (χ4n) is 2.91. The maximum atomic E-state index is 12.5. The van der Waals surface area contributed by atoms with E-state index < -0.39 is 11.8 Å². The molecular formula is C21H18N4O2. The van der Waals surface area contributed by atoms with Gasteiger partial charge in [-0.1, -0.05) is 30.3 Å². The summed E-state index contributed by atoms with van der Waals surface area (Å²) in [6, 6.07) is 16.7. The number of nitrogens with one attached hydrogen (secondary N) is 1. The maximum absolute atomic E-state index is 12.5. The highest BCUT2D eigenvalue weighted by molar-refractivity contribution is 6.10. The van der Waals surface area contributed by atoms with Crippen LogP contribution in [-0.4, -0.2) is 16.4 Å². The van der Waals surface area contributed by atoms with Crippen LogP contribution < -0.4 is 11.1 Å². The third-order valence-electron chi connectivity index (χ3n) is 4.09. The molecule has 1 aromatic heterocycles. The van der Waals surface area contributed by atoms with E-state index in [0.717, 1.165) is 16.5 Å². The molecule has 0 aliphatic carbocycles. The van der Waals surface area contributed by atoms with Gasteiger partial charge in [-0.05, 0) is 36.8 Å². The van der Waals surface area contributed by atoms with Crippen LogP contribution >= 0.6 is 0 Å². The second kappa shape index (κ2) is 7.58. The summed E-state index contributed by atoms with van der Waals surface area (Å²) >= 11 is 0. The zero-order valence-corrected chi connectivity index (χ0v) is 14.8. The third-order valence-corrected chi connectivity index (χ3v) is 4.09. The first kappa shape index (κ1) is 18.0. The molecule has 0 radical (unpaired) electrons. The summed E-state index contributed by atoms with van der Waals surface area (Å²) < 4.78 is 1.71. The van der Waals surface area contributed by atoms with Crippen LogP contribution in [0.2, 0.25) is 0 Å². The Morgan fingerprint density at radius 3 is 2.70 bits per heavy atom. The zero-order chi connectivity index (χ0) is 19.4. The van der Waals surface area contributed by atoms with E-state index in [1.807, 2.05) is 55.5 Å².